The molecular formula is C9H9N5O. The van der Waals surface area contributed by atoms with Crippen LogP contribution in [0.25, 0.3) is 0 Å². The van der Waals surface area contributed by atoms with Gasteiger partial charge in [-0.05, 0) is 0 Å². The van der Waals surface area contributed by atoms with Crippen LogP contribution < -0.4 is 10.1 Å². The Balaban J connectivity index is 2.24. The van der Waals surface area contributed by atoms with Gasteiger partial charge in [-0.3, -0.25) is 4.98 Å². The number of hydrogen-bond acceptors (Lipinski definition) is 6. The van der Waals surface area contributed by atoms with Crippen molar-refractivity contribution < 1.29 is 4.74 Å². The van der Waals surface area contributed by atoms with Crippen molar-refractivity contribution in [2.75, 3.05) is 12.4 Å². The summed E-state index contributed by atoms with van der Waals surface area (Å²) in [5.41, 5.74) is 0. The number of ether oxygens (including phenoxy) is 1. The van der Waals surface area contributed by atoms with Crippen LogP contribution in [0.5, 0.6) is 5.75 Å². The van der Waals surface area contributed by atoms with E-state index < -0.39 is 0 Å². The number of anilines is 2. The fourth-order valence-corrected chi connectivity index (χ4v) is 1.05. The van der Waals surface area contributed by atoms with E-state index in [1.54, 1.807) is 31.9 Å². The smallest absolute Gasteiger partial charge is 0.179 e. The molecule has 0 saturated heterocycles. The number of hydrogen-bond donors (Lipinski definition) is 1. The van der Waals surface area contributed by atoms with Crippen LogP contribution in [-0.2, 0) is 0 Å². The summed E-state index contributed by atoms with van der Waals surface area (Å²) in [5, 5.41) is 2.97. The van der Waals surface area contributed by atoms with Crippen LogP contribution in [-0.4, -0.2) is 27.0 Å². The van der Waals surface area contributed by atoms with Gasteiger partial charge in [0.2, 0.25) is 0 Å². The Kier molecular flexibility index (Phi) is 2.68. The molecule has 0 aliphatic rings. The molecule has 2 heterocycles. The van der Waals surface area contributed by atoms with Crippen LogP contribution in [0.15, 0.2) is 31.1 Å². The zero-order chi connectivity index (χ0) is 10.5. The summed E-state index contributed by atoms with van der Waals surface area (Å²) >= 11 is 0. The first-order valence-corrected chi connectivity index (χ1v) is 4.27. The summed E-state index contributed by atoms with van der Waals surface area (Å²) < 4.78 is 5.08. The van der Waals surface area contributed by atoms with Crippen molar-refractivity contribution in [1.29, 1.82) is 0 Å². The molecule has 0 fully saturated rings. The monoisotopic (exact) mass is 203 g/mol. The number of nitrogens with one attached hydrogen (secondary N) is 1. The molecule has 0 aliphatic heterocycles. The Morgan fingerprint density at radius 2 is 2.07 bits per heavy atom. The fraction of sp³-hybridized carbons (Fsp3) is 0.111. The molecule has 76 valence electrons. The number of methoxy groups -OCH3 is 1. The van der Waals surface area contributed by atoms with E-state index in [2.05, 4.69) is 25.3 Å². The van der Waals surface area contributed by atoms with Crippen LogP contribution in [0.3, 0.4) is 0 Å². The minimum Gasteiger partial charge on any atom is -0.491 e. The van der Waals surface area contributed by atoms with E-state index in [0.29, 0.717) is 17.4 Å². The molecule has 0 aliphatic carbocycles. The Morgan fingerprint density at radius 3 is 2.80 bits per heavy atom. The molecule has 0 amide bonds. The Hall–Kier alpha value is -2.24. The lowest BCUT2D eigenvalue weighted by atomic mass is 10.5. The maximum absolute atomic E-state index is 5.08. The molecule has 0 unspecified atom stereocenters. The second-order valence-electron chi connectivity index (χ2n) is 2.66. The van der Waals surface area contributed by atoms with E-state index in [-0.39, 0.29) is 0 Å². The first-order chi connectivity index (χ1) is 7.40. The average Bonchev–Trinajstić information content (AvgIpc) is 2.31. The molecular weight excluding hydrogens is 194 g/mol. The molecule has 1 N–H and O–H groups in total. The molecule has 15 heavy (non-hydrogen) atoms. The van der Waals surface area contributed by atoms with E-state index in [1.165, 1.54) is 6.33 Å². The third kappa shape index (κ3) is 2.16. The van der Waals surface area contributed by atoms with Gasteiger partial charge in [0, 0.05) is 12.4 Å². The van der Waals surface area contributed by atoms with Crippen molar-refractivity contribution >= 4 is 11.6 Å². The van der Waals surface area contributed by atoms with Gasteiger partial charge in [-0.25, -0.2) is 15.0 Å². The molecule has 2 aromatic rings. The average molecular weight is 203 g/mol. The first kappa shape index (κ1) is 9.32. The second kappa shape index (κ2) is 4.32. The molecule has 2 rings (SSSR count). The lowest BCUT2D eigenvalue weighted by Gasteiger charge is -2.07. The zero-order valence-electron chi connectivity index (χ0n) is 8.08. The van der Waals surface area contributed by atoms with Crippen molar-refractivity contribution in [3.8, 4) is 5.75 Å². The van der Waals surface area contributed by atoms with Gasteiger partial charge in [0.25, 0.3) is 0 Å². The standard InChI is InChI=1S/C9H9N5O/c1-15-7-4-11-6-13-9(7)14-8-5-10-2-3-12-8/h2-6H,1H3,(H,11,12,13,14). The van der Waals surface area contributed by atoms with Gasteiger partial charge in [-0.2, -0.15) is 0 Å². The van der Waals surface area contributed by atoms with E-state index >= 15 is 0 Å². The summed E-state index contributed by atoms with van der Waals surface area (Å²) in [4.78, 5) is 15.9. The predicted molar refractivity (Wildman–Crippen MR) is 53.9 cm³/mol. The zero-order valence-corrected chi connectivity index (χ0v) is 8.08. The lowest BCUT2D eigenvalue weighted by Crippen LogP contribution is -1.99. The summed E-state index contributed by atoms with van der Waals surface area (Å²) in [5.74, 6) is 1.73. The normalized spacial score (nSPS) is 9.67. The topological polar surface area (TPSA) is 72.8 Å². The number of aromatic nitrogens is 4. The Bertz CT molecular complexity index is 434. The van der Waals surface area contributed by atoms with Crippen molar-refractivity contribution in [2.45, 2.75) is 0 Å². The Labute approximate surface area is 86.4 Å². The molecule has 6 nitrogen and oxygen atoms in total. The molecule has 0 saturated carbocycles. The SMILES string of the molecule is COc1cncnc1Nc1cnccn1. The second-order valence-corrected chi connectivity index (χ2v) is 2.66. The van der Waals surface area contributed by atoms with Crippen LogP contribution in [0.2, 0.25) is 0 Å². The van der Waals surface area contributed by atoms with Crippen molar-refractivity contribution in [3.05, 3.63) is 31.1 Å². The van der Waals surface area contributed by atoms with Crippen LogP contribution in [0, 0.1) is 0 Å². The minimum absolute atomic E-state index is 0.558. The van der Waals surface area contributed by atoms with Gasteiger partial charge in [0.1, 0.15) is 12.1 Å². The summed E-state index contributed by atoms with van der Waals surface area (Å²) in [6, 6.07) is 0. The highest BCUT2D eigenvalue weighted by Crippen LogP contribution is 2.21. The van der Waals surface area contributed by atoms with Gasteiger partial charge >= 0.3 is 0 Å². The maximum Gasteiger partial charge on any atom is 0.179 e. The quantitative estimate of drug-likeness (QED) is 0.802. The van der Waals surface area contributed by atoms with Crippen LogP contribution in [0.4, 0.5) is 11.6 Å². The fourth-order valence-electron chi connectivity index (χ4n) is 1.05. The van der Waals surface area contributed by atoms with Crippen LogP contribution >= 0.6 is 0 Å². The first-order valence-electron chi connectivity index (χ1n) is 4.27. The molecule has 0 bridgehead atoms. The van der Waals surface area contributed by atoms with Gasteiger partial charge in [0.15, 0.2) is 11.6 Å². The third-order valence-corrected chi connectivity index (χ3v) is 1.71. The van der Waals surface area contributed by atoms with E-state index in [0.717, 1.165) is 0 Å². The maximum atomic E-state index is 5.08. The molecule has 0 spiro atoms. The molecule has 0 aromatic carbocycles. The lowest BCUT2D eigenvalue weighted by molar-refractivity contribution is 0.413. The van der Waals surface area contributed by atoms with Crippen molar-refractivity contribution in [2.24, 2.45) is 0 Å². The largest absolute Gasteiger partial charge is 0.491 e. The summed E-state index contributed by atoms with van der Waals surface area (Å²) in [6.07, 6.45) is 7.80. The van der Waals surface area contributed by atoms with Crippen molar-refractivity contribution in [3.63, 3.8) is 0 Å². The van der Waals surface area contributed by atoms with E-state index in [4.69, 9.17) is 4.74 Å². The molecule has 0 atom stereocenters. The molecule has 6 heteroatoms. The highest BCUT2D eigenvalue weighted by atomic mass is 16.5. The third-order valence-electron chi connectivity index (χ3n) is 1.71. The molecule has 2 aromatic heterocycles. The molecule has 0 radical (unpaired) electrons. The minimum atomic E-state index is 0.558. The summed E-state index contributed by atoms with van der Waals surface area (Å²) in [7, 11) is 1.56. The predicted octanol–water partition coefficient (Wildman–Crippen LogP) is 1.02. The number of rotatable bonds is 3. The van der Waals surface area contributed by atoms with Crippen LogP contribution in [0.1, 0.15) is 0 Å². The van der Waals surface area contributed by atoms with E-state index in [1.807, 2.05) is 0 Å². The van der Waals surface area contributed by atoms with E-state index in [9.17, 15) is 0 Å². The van der Waals surface area contributed by atoms with Gasteiger partial charge in [0.05, 0.1) is 19.5 Å². The highest BCUT2D eigenvalue weighted by molar-refractivity contribution is 5.57. The van der Waals surface area contributed by atoms with Gasteiger partial charge in [-0.1, -0.05) is 0 Å². The van der Waals surface area contributed by atoms with Gasteiger partial charge in [-0.15, -0.1) is 0 Å². The highest BCUT2D eigenvalue weighted by Gasteiger charge is 2.04. The number of nitrogens with zero attached hydrogens (tertiary/aromatic N) is 4. The summed E-state index contributed by atoms with van der Waals surface area (Å²) in [6.45, 7) is 0. The van der Waals surface area contributed by atoms with Crippen molar-refractivity contribution in [1.82, 2.24) is 19.9 Å². The van der Waals surface area contributed by atoms with Gasteiger partial charge < -0.3 is 10.1 Å². The Morgan fingerprint density at radius 1 is 1.13 bits per heavy atom.